The minimum atomic E-state index is -1.20. The van der Waals surface area contributed by atoms with Crippen molar-refractivity contribution in [3.8, 4) is 0 Å². The quantitative estimate of drug-likeness (QED) is 0.123. The Balaban J connectivity index is 4.78. The zero-order chi connectivity index (χ0) is 24.8. The zero-order valence-corrected chi connectivity index (χ0v) is 20.9. The number of aliphatic hydroxyl groups excluding tert-OH is 1. The van der Waals surface area contributed by atoms with E-state index < -0.39 is 24.0 Å². The van der Waals surface area contributed by atoms with Gasteiger partial charge in [-0.25, -0.2) is 0 Å². The number of hydrogen-bond acceptors (Lipinski definition) is 9. The fourth-order valence-corrected chi connectivity index (χ4v) is 2.86. The van der Waals surface area contributed by atoms with Crippen molar-refractivity contribution in [2.24, 2.45) is 5.41 Å². The van der Waals surface area contributed by atoms with Crippen LogP contribution in [0.2, 0.25) is 0 Å². The molecule has 0 radical (unpaired) electrons. The summed E-state index contributed by atoms with van der Waals surface area (Å²) in [4.78, 5) is 36.3. The molecule has 0 bridgehead atoms. The molecular formula is C24H46N2O7. The second-order valence-corrected chi connectivity index (χ2v) is 8.45. The first-order chi connectivity index (χ1) is 15.9. The third kappa shape index (κ3) is 17.4. The van der Waals surface area contributed by atoms with E-state index in [9.17, 15) is 19.5 Å². The fourth-order valence-electron chi connectivity index (χ4n) is 2.86. The van der Waals surface area contributed by atoms with Crippen molar-refractivity contribution in [3.63, 3.8) is 0 Å². The zero-order valence-electron chi connectivity index (χ0n) is 20.9. The van der Waals surface area contributed by atoms with Gasteiger partial charge < -0.3 is 30.0 Å². The minimum absolute atomic E-state index is 0.182. The molecule has 9 heteroatoms. The molecule has 9 nitrogen and oxygen atoms in total. The van der Waals surface area contributed by atoms with Crippen molar-refractivity contribution in [1.82, 2.24) is 10.6 Å². The van der Waals surface area contributed by atoms with Gasteiger partial charge in [0.25, 0.3) is 0 Å². The molecule has 0 aromatic rings. The van der Waals surface area contributed by atoms with Crippen molar-refractivity contribution < 1.29 is 33.7 Å². The summed E-state index contributed by atoms with van der Waals surface area (Å²) >= 11 is 0. The van der Waals surface area contributed by atoms with Gasteiger partial charge in [-0.3, -0.25) is 14.4 Å². The highest BCUT2D eigenvalue weighted by molar-refractivity contribution is 5.70. The van der Waals surface area contributed by atoms with Crippen LogP contribution in [-0.4, -0.2) is 75.6 Å². The SMILES string of the molecule is CCCCCCC(=O)OCC(CO)(COC(=O)CCNCCC)COC(=O)CCNCCC. The average Bonchev–Trinajstić information content (AvgIpc) is 2.82. The minimum Gasteiger partial charge on any atom is -0.465 e. The van der Waals surface area contributed by atoms with Crippen LogP contribution in [0.15, 0.2) is 0 Å². The smallest absolute Gasteiger partial charge is 0.307 e. The van der Waals surface area contributed by atoms with Gasteiger partial charge in [-0.2, -0.15) is 0 Å². The number of esters is 3. The Morgan fingerprint density at radius 3 is 1.48 bits per heavy atom. The highest BCUT2D eigenvalue weighted by atomic mass is 16.6. The van der Waals surface area contributed by atoms with Crippen molar-refractivity contribution in [1.29, 1.82) is 0 Å². The molecule has 0 spiro atoms. The highest BCUT2D eigenvalue weighted by Crippen LogP contribution is 2.20. The van der Waals surface area contributed by atoms with Crippen LogP contribution < -0.4 is 10.6 Å². The Bertz CT molecular complexity index is 460. The molecule has 194 valence electrons. The number of carbonyl (C=O) groups excluding carboxylic acids is 3. The van der Waals surface area contributed by atoms with Gasteiger partial charge in [0.1, 0.15) is 19.8 Å². The van der Waals surface area contributed by atoms with Gasteiger partial charge in [-0.05, 0) is 32.4 Å². The Kier molecular flexibility index (Phi) is 19.8. The predicted octanol–water partition coefficient (Wildman–Crippen LogP) is 2.34. The number of carbonyl (C=O) groups is 3. The maximum atomic E-state index is 12.1. The summed E-state index contributed by atoms with van der Waals surface area (Å²) in [6.45, 7) is 7.70. The van der Waals surface area contributed by atoms with E-state index in [-0.39, 0.29) is 45.1 Å². The van der Waals surface area contributed by atoms with Gasteiger partial charge in [0.2, 0.25) is 0 Å². The predicted molar refractivity (Wildman–Crippen MR) is 127 cm³/mol. The van der Waals surface area contributed by atoms with Crippen molar-refractivity contribution in [2.75, 3.05) is 52.6 Å². The van der Waals surface area contributed by atoms with E-state index >= 15 is 0 Å². The summed E-state index contributed by atoms with van der Waals surface area (Å²) in [7, 11) is 0. The molecule has 3 N–H and O–H groups in total. The lowest BCUT2D eigenvalue weighted by Gasteiger charge is -2.30. The van der Waals surface area contributed by atoms with Crippen molar-refractivity contribution in [2.45, 2.75) is 78.6 Å². The second-order valence-electron chi connectivity index (χ2n) is 8.45. The molecule has 0 aliphatic rings. The van der Waals surface area contributed by atoms with Gasteiger partial charge in [0.05, 0.1) is 24.9 Å². The number of hydrogen-bond donors (Lipinski definition) is 3. The molecule has 0 fully saturated rings. The molecule has 0 saturated carbocycles. The Morgan fingerprint density at radius 2 is 1.09 bits per heavy atom. The molecule has 0 aliphatic carbocycles. The van der Waals surface area contributed by atoms with E-state index in [2.05, 4.69) is 17.6 Å². The van der Waals surface area contributed by atoms with Crippen LogP contribution in [0.25, 0.3) is 0 Å². The molecule has 0 amide bonds. The van der Waals surface area contributed by atoms with Gasteiger partial charge in [0, 0.05) is 19.5 Å². The van der Waals surface area contributed by atoms with E-state index in [4.69, 9.17) is 14.2 Å². The van der Waals surface area contributed by atoms with Crippen LogP contribution in [-0.2, 0) is 28.6 Å². The van der Waals surface area contributed by atoms with Crippen molar-refractivity contribution >= 4 is 17.9 Å². The molecule has 0 aliphatic heterocycles. The summed E-state index contributed by atoms with van der Waals surface area (Å²) in [5.74, 6) is -1.25. The van der Waals surface area contributed by atoms with E-state index in [1.54, 1.807) is 0 Å². The lowest BCUT2D eigenvalue weighted by atomic mass is 9.92. The number of ether oxygens (including phenoxy) is 3. The normalized spacial score (nSPS) is 11.3. The fraction of sp³-hybridized carbons (Fsp3) is 0.875. The summed E-state index contributed by atoms with van der Waals surface area (Å²) in [5.41, 5.74) is -1.20. The van der Waals surface area contributed by atoms with E-state index in [1.165, 1.54) is 0 Å². The number of unbranched alkanes of at least 4 members (excludes halogenated alkanes) is 3. The van der Waals surface area contributed by atoms with Crippen LogP contribution in [0.1, 0.15) is 78.6 Å². The summed E-state index contributed by atoms with van der Waals surface area (Å²) < 4.78 is 16.0. The van der Waals surface area contributed by atoms with Crippen LogP contribution in [0.4, 0.5) is 0 Å². The Labute approximate surface area is 199 Å². The monoisotopic (exact) mass is 474 g/mol. The average molecular weight is 475 g/mol. The largest absolute Gasteiger partial charge is 0.465 e. The molecule has 0 unspecified atom stereocenters. The van der Waals surface area contributed by atoms with Crippen LogP contribution >= 0.6 is 0 Å². The molecule has 0 atom stereocenters. The molecule has 0 heterocycles. The molecule has 33 heavy (non-hydrogen) atoms. The first-order valence-electron chi connectivity index (χ1n) is 12.4. The Hall–Kier alpha value is -1.71. The van der Waals surface area contributed by atoms with Gasteiger partial charge in [-0.15, -0.1) is 0 Å². The standard InChI is InChI=1S/C24H46N2O7/c1-4-7-8-9-10-21(28)31-18-24(17-27,19-32-22(29)11-15-25-13-5-2)20-33-23(30)12-16-26-14-6-3/h25-27H,4-20H2,1-3H3. The third-order valence-electron chi connectivity index (χ3n) is 5.05. The number of nitrogens with one attached hydrogen (secondary N) is 2. The van der Waals surface area contributed by atoms with Crippen LogP contribution in [0.5, 0.6) is 0 Å². The molecule has 0 aromatic heterocycles. The van der Waals surface area contributed by atoms with Gasteiger partial charge in [-0.1, -0.05) is 40.0 Å². The topological polar surface area (TPSA) is 123 Å². The number of aliphatic hydroxyl groups is 1. The Morgan fingerprint density at radius 1 is 0.636 bits per heavy atom. The molecule has 0 saturated heterocycles. The summed E-state index contributed by atoms with van der Waals surface area (Å²) in [6.07, 6.45) is 6.39. The third-order valence-corrected chi connectivity index (χ3v) is 5.05. The van der Waals surface area contributed by atoms with E-state index in [0.29, 0.717) is 13.1 Å². The molecule has 0 rings (SSSR count). The lowest BCUT2D eigenvalue weighted by molar-refractivity contribution is -0.165. The summed E-state index contributed by atoms with van der Waals surface area (Å²) in [5, 5.41) is 16.3. The number of rotatable bonds is 22. The molecule has 0 aromatic carbocycles. The first kappa shape index (κ1) is 31.3. The first-order valence-corrected chi connectivity index (χ1v) is 12.4. The maximum absolute atomic E-state index is 12.1. The molecular weight excluding hydrogens is 428 g/mol. The van der Waals surface area contributed by atoms with Crippen LogP contribution in [0, 0.1) is 5.41 Å². The van der Waals surface area contributed by atoms with Crippen LogP contribution in [0.3, 0.4) is 0 Å². The second kappa shape index (κ2) is 20.9. The maximum Gasteiger partial charge on any atom is 0.307 e. The lowest BCUT2D eigenvalue weighted by Crippen LogP contribution is -2.43. The van der Waals surface area contributed by atoms with E-state index in [1.807, 2.05) is 13.8 Å². The van der Waals surface area contributed by atoms with E-state index in [0.717, 1.165) is 51.6 Å². The van der Waals surface area contributed by atoms with Gasteiger partial charge >= 0.3 is 17.9 Å². The summed E-state index contributed by atoms with van der Waals surface area (Å²) in [6, 6.07) is 0. The highest BCUT2D eigenvalue weighted by Gasteiger charge is 2.35. The van der Waals surface area contributed by atoms with Gasteiger partial charge in [0.15, 0.2) is 0 Å². The van der Waals surface area contributed by atoms with Crippen molar-refractivity contribution in [3.05, 3.63) is 0 Å².